The van der Waals surface area contributed by atoms with Crippen molar-refractivity contribution < 1.29 is 22.8 Å². The number of halogens is 2. The zero-order chi connectivity index (χ0) is 19.8. The maximum atomic E-state index is 13.8. The number of hydrogen-bond acceptors (Lipinski definition) is 4. The van der Waals surface area contributed by atoms with Gasteiger partial charge in [-0.05, 0) is 51.5 Å². The van der Waals surface area contributed by atoms with Crippen molar-refractivity contribution in [1.82, 2.24) is 0 Å². The Morgan fingerprint density at radius 2 is 1.70 bits per heavy atom. The van der Waals surface area contributed by atoms with Gasteiger partial charge in [0.2, 0.25) is 0 Å². The van der Waals surface area contributed by atoms with Crippen molar-refractivity contribution in [1.29, 1.82) is 5.26 Å². The van der Waals surface area contributed by atoms with E-state index in [1.54, 1.807) is 12.1 Å². The molecule has 0 amide bonds. The zero-order valence-corrected chi connectivity index (χ0v) is 15.7. The highest BCUT2D eigenvalue weighted by Gasteiger charge is 2.52. The van der Waals surface area contributed by atoms with Crippen molar-refractivity contribution in [2.75, 3.05) is 0 Å². The first-order valence-electron chi connectivity index (χ1n) is 8.59. The molecule has 0 aliphatic carbocycles. The van der Waals surface area contributed by atoms with Crippen LogP contribution in [0.1, 0.15) is 38.8 Å². The minimum Gasteiger partial charge on any atom is -0.489 e. The molecule has 0 N–H and O–H groups in total. The van der Waals surface area contributed by atoms with E-state index in [-0.39, 0.29) is 17.9 Å². The molecular weight excluding hydrogens is 351 g/mol. The van der Waals surface area contributed by atoms with E-state index in [0.717, 1.165) is 0 Å². The molecule has 0 aromatic heterocycles. The second-order valence-corrected chi connectivity index (χ2v) is 7.49. The van der Waals surface area contributed by atoms with Gasteiger partial charge in [0.15, 0.2) is 0 Å². The molecule has 2 aromatic carbocycles. The summed E-state index contributed by atoms with van der Waals surface area (Å²) >= 11 is 0. The Labute approximate surface area is 157 Å². The predicted octanol–water partition coefficient (Wildman–Crippen LogP) is 3.71. The van der Waals surface area contributed by atoms with Crippen LogP contribution in [-0.2, 0) is 15.9 Å². The standard InChI is InChI=1S/C20H20BF2NO3/c1-19(2)20(3,4)27-21(26-19)16-7-6-15(22)10-18(16)25-12-13-5-8-17(23)14(9-13)11-24/h5-10H,12H2,1-4H3. The summed E-state index contributed by atoms with van der Waals surface area (Å²) in [6.45, 7) is 7.76. The van der Waals surface area contributed by atoms with Crippen LogP contribution in [0.25, 0.3) is 0 Å². The summed E-state index contributed by atoms with van der Waals surface area (Å²) < 4.78 is 45.0. The van der Waals surface area contributed by atoms with E-state index in [2.05, 4.69) is 0 Å². The fourth-order valence-electron chi connectivity index (χ4n) is 2.71. The van der Waals surface area contributed by atoms with Crippen LogP contribution in [0.15, 0.2) is 36.4 Å². The molecular formula is C20H20BF2NO3. The van der Waals surface area contributed by atoms with Gasteiger partial charge in [-0.1, -0.05) is 12.1 Å². The minimum atomic E-state index is -0.700. The van der Waals surface area contributed by atoms with Crippen LogP contribution < -0.4 is 10.2 Å². The third-order valence-corrected chi connectivity index (χ3v) is 5.03. The van der Waals surface area contributed by atoms with Gasteiger partial charge in [-0.15, -0.1) is 0 Å². The maximum absolute atomic E-state index is 13.8. The van der Waals surface area contributed by atoms with Gasteiger partial charge in [-0.25, -0.2) is 8.78 Å². The van der Waals surface area contributed by atoms with Crippen LogP contribution in [0.3, 0.4) is 0 Å². The Bertz CT molecular complexity index is 893. The molecule has 2 aromatic rings. The second kappa shape index (κ2) is 6.95. The van der Waals surface area contributed by atoms with Gasteiger partial charge in [0, 0.05) is 11.5 Å². The van der Waals surface area contributed by atoms with Crippen molar-refractivity contribution in [2.24, 2.45) is 0 Å². The highest BCUT2D eigenvalue weighted by Crippen LogP contribution is 2.37. The molecule has 3 rings (SSSR count). The number of benzene rings is 2. The average Bonchev–Trinajstić information content (AvgIpc) is 2.81. The molecule has 7 heteroatoms. The summed E-state index contributed by atoms with van der Waals surface area (Å²) in [5.41, 5.74) is 0.0144. The highest BCUT2D eigenvalue weighted by molar-refractivity contribution is 6.63. The molecule has 1 heterocycles. The number of nitriles is 1. The Balaban J connectivity index is 1.85. The highest BCUT2D eigenvalue weighted by atomic mass is 19.1. The van der Waals surface area contributed by atoms with Crippen molar-refractivity contribution >= 4 is 12.6 Å². The summed E-state index contributed by atoms with van der Waals surface area (Å²) in [6.07, 6.45) is 0. The molecule has 1 aliphatic rings. The van der Waals surface area contributed by atoms with Crippen molar-refractivity contribution in [3.05, 3.63) is 59.2 Å². The van der Waals surface area contributed by atoms with Crippen LogP contribution in [0, 0.1) is 23.0 Å². The first-order chi connectivity index (χ1) is 12.6. The molecule has 1 saturated heterocycles. The van der Waals surface area contributed by atoms with Gasteiger partial charge in [0.25, 0.3) is 0 Å². The lowest BCUT2D eigenvalue weighted by molar-refractivity contribution is 0.00578. The molecule has 0 atom stereocenters. The van der Waals surface area contributed by atoms with Gasteiger partial charge in [0.1, 0.15) is 30.1 Å². The van der Waals surface area contributed by atoms with Gasteiger partial charge in [-0.2, -0.15) is 5.26 Å². The smallest absolute Gasteiger partial charge is 0.489 e. The minimum absolute atomic E-state index is 0.0465. The molecule has 0 bridgehead atoms. The number of hydrogen-bond donors (Lipinski definition) is 0. The van der Waals surface area contributed by atoms with E-state index in [1.807, 2.05) is 27.7 Å². The number of ether oxygens (including phenoxy) is 1. The molecule has 27 heavy (non-hydrogen) atoms. The predicted molar refractivity (Wildman–Crippen MR) is 97.6 cm³/mol. The number of nitrogens with zero attached hydrogens (tertiary/aromatic N) is 1. The van der Waals surface area contributed by atoms with Gasteiger partial charge in [0.05, 0.1) is 16.8 Å². The summed E-state index contributed by atoms with van der Waals surface area (Å²) in [7, 11) is -0.700. The van der Waals surface area contributed by atoms with E-state index in [4.69, 9.17) is 19.3 Å². The molecule has 1 fully saturated rings. The number of rotatable bonds is 4. The van der Waals surface area contributed by atoms with Gasteiger partial charge < -0.3 is 14.0 Å². The summed E-state index contributed by atoms with van der Waals surface area (Å²) in [6, 6.07) is 10.1. The first-order valence-corrected chi connectivity index (χ1v) is 8.59. The molecule has 4 nitrogen and oxygen atoms in total. The summed E-state index contributed by atoms with van der Waals surface area (Å²) in [4.78, 5) is 0. The van der Waals surface area contributed by atoms with Crippen molar-refractivity contribution in [2.45, 2.75) is 45.5 Å². The van der Waals surface area contributed by atoms with E-state index < -0.39 is 30.0 Å². The Morgan fingerprint density at radius 1 is 1.04 bits per heavy atom. The van der Waals surface area contributed by atoms with E-state index >= 15 is 0 Å². The third-order valence-electron chi connectivity index (χ3n) is 5.03. The molecule has 0 spiro atoms. The van der Waals surface area contributed by atoms with Crippen LogP contribution in [0.4, 0.5) is 8.78 Å². The third kappa shape index (κ3) is 3.82. The topological polar surface area (TPSA) is 51.5 Å². The van der Waals surface area contributed by atoms with Crippen LogP contribution in [-0.4, -0.2) is 18.3 Å². The molecule has 0 saturated carbocycles. The molecule has 1 aliphatic heterocycles. The fraction of sp³-hybridized carbons (Fsp3) is 0.350. The second-order valence-electron chi connectivity index (χ2n) is 7.49. The first kappa shape index (κ1) is 19.3. The lowest BCUT2D eigenvalue weighted by Gasteiger charge is -2.32. The summed E-state index contributed by atoms with van der Waals surface area (Å²) in [5.74, 6) is -0.775. The SMILES string of the molecule is CC1(C)OB(c2ccc(F)cc2OCc2ccc(F)c(C#N)c2)OC1(C)C. The zero-order valence-electron chi connectivity index (χ0n) is 15.7. The fourth-order valence-corrected chi connectivity index (χ4v) is 2.71. The van der Waals surface area contributed by atoms with E-state index in [9.17, 15) is 8.78 Å². The van der Waals surface area contributed by atoms with Crippen molar-refractivity contribution in [3.8, 4) is 11.8 Å². The Hall–Kier alpha value is -2.43. The monoisotopic (exact) mass is 371 g/mol. The van der Waals surface area contributed by atoms with Crippen LogP contribution in [0.2, 0.25) is 0 Å². The quantitative estimate of drug-likeness (QED) is 0.769. The van der Waals surface area contributed by atoms with Crippen LogP contribution in [0.5, 0.6) is 5.75 Å². The molecule has 0 radical (unpaired) electrons. The average molecular weight is 371 g/mol. The van der Waals surface area contributed by atoms with Gasteiger partial charge in [-0.3, -0.25) is 0 Å². The Kier molecular flexibility index (Phi) is 4.98. The maximum Gasteiger partial charge on any atom is 0.498 e. The van der Waals surface area contributed by atoms with E-state index in [0.29, 0.717) is 11.0 Å². The van der Waals surface area contributed by atoms with Gasteiger partial charge >= 0.3 is 7.12 Å². The molecule has 140 valence electrons. The lowest BCUT2D eigenvalue weighted by Crippen LogP contribution is -2.41. The van der Waals surface area contributed by atoms with E-state index in [1.165, 1.54) is 30.3 Å². The Morgan fingerprint density at radius 3 is 2.33 bits per heavy atom. The molecule has 0 unspecified atom stereocenters. The largest absolute Gasteiger partial charge is 0.498 e. The van der Waals surface area contributed by atoms with Crippen molar-refractivity contribution in [3.63, 3.8) is 0 Å². The lowest BCUT2D eigenvalue weighted by atomic mass is 9.78. The van der Waals surface area contributed by atoms with Crippen LogP contribution >= 0.6 is 0 Å². The normalized spacial score (nSPS) is 17.6. The summed E-state index contributed by atoms with van der Waals surface area (Å²) in [5, 5.41) is 8.94.